The third-order valence-electron chi connectivity index (χ3n) is 13.9. The number of allylic oxidation sites excluding steroid dienone is 5. The van der Waals surface area contributed by atoms with E-state index in [0.29, 0.717) is 5.92 Å². The van der Waals surface area contributed by atoms with Crippen molar-refractivity contribution in [3.63, 3.8) is 0 Å². The molecular weight excluding hydrogens is 709 g/mol. The molecule has 0 nitrogen and oxygen atoms in total. The largest absolute Gasteiger partial charge is 0.102 e. The number of benzene rings is 9. The summed E-state index contributed by atoms with van der Waals surface area (Å²) in [6.45, 7) is 8.94. The summed E-state index contributed by atoms with van der Waals surface area (Å²) in [5.74, 6) is 0.663. The Kier molecular flexibility index (Phi) is 7.35. The summed E-state index contributed by atoms with van der Waals surface area (Å²) in [5.41, 5.74) is 19.5. The Balaban J connectivity index is 1.01. The topological polar surface area (TPSA) is 0 Å². The van der Waals surface area contributed by atoms with Crippen molar-refractivity contribution in [1.82, 2.24) is 0 Å². The highest BCUT2D eigenvalue weighted by Gasteiger charge is 2.37. The zero-order valence-electron chi connectivity index (χ0n) is 33.3. The molecule has 0 aromatic heterocycles. The first kappa shape index (κ1) is 34.1. The zero-order chi connectivity index (χ0) is 39.4. The molecule has 0 heterocycles. The van der Waals surface area contributed by atoms with Crippen LogP contribution in [-0.4, -0.2) is 0 Å². The van der Waals surface area contributed by atoms with Crippen molar-refractivity contribution >= 4 is 32.3 Å². The van der Waals surface area contributed by atoms with Crippen LogP contribution in [0.15, 0.2) is 201 Å². The maximum atomic E-state index is 4.28. The summed E-state index contributed by atoms with van der Waals surface area (Å²) in [6.07, 6.45) is 11.3. The summed E-state index contributed by atoms with van der Waals surface area (Å²) in [6, 6.07) is 61.6. The van der Waals surface area contributed by atoms with Gasteiger partial charge in [0.2, 0.25) is 0 Å². The first-order valence-electron chi connectivity index (χ1n) is 21.0. The minimum Gasteiger partial charge on any atom is -0.102 e. The van der Waals surface area contributed by atoms with E-state index in [0.717, 1.165) is 0 Å². The first-order chi connectivity index (χ1) is 29.0. The molecule has 3 atom stereocenters. The van der Waals surface area contributed by atoms with Crippen molar-refractivity contribution in [2.45, 2.75) is 25.2 Å². The number of hydrogen-bond acceptors (Lipinski definition) is 0. The van der Waals surface area contributed by atoms with Gasteiger partial charge >= 0.3 is 0 Å². The monoisotopic (exact) mass is 750 g/mol. The van der Waals surface area contributed by atoms with Gasteiger partial charge in [-0.25, -0.2) is 0 Å². The highest BCUT2D eigenvalue weighted by Crippen LogP contribution is 2.59. The van der Waals surface area contributed by atoms with E-state index in [4.69, 9.17) is 0 Å². The van der Waals surface area contributed by atoms with Crippen molar-refractivity contribution in [3.8, 4) is 66.8 Å². The summed E-state index contributed by atoms with van der Waals surface area (Å²) in [5, 5.41) is 7.82. The minimum atomic E-state index is -0.213. The van der Waals surface area contributed by atoms with Crippen LogP contribution in [0.25, 0.3) is 99.1 Å². The number of hydrogen-bond donors (Lipinski definition) is 0. The molecule has 9 aromatic rings. The third-order valence-corrected chi connectivity index (χ3v) is 13.9. The van der Waals surface area contributed by atoms with Crippen molar-refractivity contribution in [3.05, 3.63) is 217 Å². The van der Waals surface area contributed by atoms with Gasteiger partial charge in [-0.15, -0.1) is 6.58 Å². The maximum Gasteiger partial charge on any atom is 0.0363 e. The lowest BCUT2D eigenvalue weighted by Gasteiger charge is -2.28. The lowest BCUT2D eigenvalue weighted by atomic mass is 9.75. The molecule has 0 saturated heterocycles. The molecule has 278 valence electrons. The van der Waals surface area contributed by atoms with Crippen LogP contribution in [0.3, 0.4) is 0 Å². The second-order valence-corrected chi connectivity index (χ2v) is 17.0. The van der Waals surface area contributed by atoms with Crippen molar-refractivity contribution in [2.24, 2.45) is 5.92 Å². The molecule has 9 aromatic carbocycles. The van der Waals surface area contributed by atoms with Gasteiger partial charge in [0.1, 0.15) is 0 Å². The van der Waals surface area contributed by atoms with Crippen molar-refractivity contribution < 1.29 is 0 Å². The first-order valence-corrected chi connectivity index (χ1v) is 21.0. The van der Waals surface area contributed by atoms with Crippen molar-refractivity contribution in [1.29, 1.82) is 0 Å². The molecule has 0 heteroatoms. The van der Waals surface area contributed by atoms with Crippen molar-refractivity contribution in [2.75, 3.05) is 0 Å². The molecule has 0 aliphatic heterocycles. The molecule has 0 radical (unpaired) electrons. The number of fused-ring (bicyclic) bond motifs is 8. The van der Waals surface area contributed by atoms with Gasteiger partial charge in [0, 0.05) is 11.3 Å². The third kappa shape index (κ3) is 4.84. The highest BCUT2D eigenvalue weighted by atomic mass is 14.4. The fourth-order valence-corrected chi connectivity index (χ4v) is 10.9. The molecule has 0 bridgehead atoms. The minimum absolute atomic E-state index is 0.213. The molecule has 0 fully saturated rings. The molecule has 3 unspecified atom stereocenters. The van der Waals surface area contributed by atoms with Crippen LogP contribution in [0.4, 0.5) is 0 Å². The van der Waals surface area contributed by atoms with Gasteiger partial charge in [-0.2, -0.15) is 0 Å². The Morgan fingerprint density at radius 3 is 1.90 bits per heavy atom. The van der Waals surface area contributed by atoms with Gasteiger partial charge in [-0.05, 0) is 147 Å². The van der Waals surface area contributed by atoms with E-state index in [1.807, 2.05) is 0 Å². The average molecular weight is 751 g/mol. The van der Waals surface area contributed by atoms with E-state index < -0.39 is 0 Å². The molecule has 59 heavy (non-hydrogen) atoms. The summed E-state index contributed by atoms with van der Waals surface area (Å²) in [7, 11) is 0. The van der Waals surface area contributed by atoms with Crippen LogP contribution in [0.2, 0.25) is 0 Å². The quantitative estimate of drug-likeness (QED) is 0.154. The van der Waals surface area contributed by atoms with Crippen LogP contribution in [0, 0.1) is 5.92 Å². The molecule has 0 amide bonds. The lowest BCUT2D eigenvalue weighted by molar-refractivity contribution is 0.640. The zero-order valence-corrected chi connectivity index (χ0v) is 33.3. The van der Waals surface area contributed by atoms with E-state index in [9.17, 15) is 0 Å². The molecule has 0 spiro atoms. The fourth-order valence-electron chi connectivity index (χ4n) is 10.9. The van der Waals surface area contributed by atoms with Crippen LogP contribution in [-0.2, 0) is 5.41 Å². The van der Waals surface area contributed by atoms with Gasteiger partial charge in [0.25, 0.3) is 0 Å². The van der Waals surface area contributed by atoms with Gasteiger partial charge in [-0.3, -0.25) is 0 Å². The van der Waals surface area contributed by atoms with Gasteiger partial charge < -0.3 is 0 Å². The van der Waals surface area contributed by atoms with Gasteiger partial charge in [-0.1, -0.05) is 183 Å². The normalized spacial score (nSPS) is 18.3. The molecule has 0 N–H and O–H groups in total. The fraction of sp³-hybridized carbons (Fsp3) is 0.0847. The molecular formula is C59H42. The summed E-state index contributed by atoms with van der Waals surface area (Å²) >= 11 is 0. The standard InChI is InChI=1S/C59H42/c1-4-59(3)52-24-13-12-19-45(52)46-30-29-41(35-53(46)59)39-25-26-40-34-42(28-27-38(40)33-39)44-31-32-51-55-47(44)22-14-23-50(55)58-56(43-18-9-8-15-36(43)2)49-21-11-10-20-48(49)54(57(51)58)37-16-6-5-7-17-37/h4-36,43H,1H2,2-3H3. The summed E-state index contributed by atoms with van der Waals surface area (Å²) < 4.78 is 0. The van der Waals surface area contributed by atoms with E-state index in [1.54, 1.807) is 0 Å². The van der Waals surface area contributed by atoms with Gasteiger partial charge in [0.05, 0.1) is 0 Å². The summed E-state index contributed by atoms with van der Waals surface area (Å²) in [4.78, 5) is 0. The van der Waals surface area contributed by atoms with Crippen LogP contribution >= 0.6 is 0 Å². The lowest BCUT2D eigenvalue weighted by Crippen LogP contribution is -2.16. The van der Waals surface area contributed by atoms with Crippen LogP contribution in [0.5, 0.6) is 0 Å². The van der Waals surface area contributed by atoms with E-state index in [-0.39, 0.29) is 11.3 Å². The number of rotatable bonds is 5. The smallest absolute Gasteiger partial charge is 0.0363 e. The predicted molar refractivity (Wildman–Crippen MR) is 252 cm³/mol. The molecule has 3 aliphatic rings. The Hall–Kier alpha value is -7.02. The van der Waals surface area contributed by atoms with E-state index in [1.165, 1.54) is 116 Å². The highest BCUT2D eigenvalue weighted by molar-refractivity contribution is 6.26. The Labute approximate surface area is 346 Å². The predicted octanol–water partition coefficient (Wildman–Crippen LogP) is 16.1. The van der Waals surface area contributed by atoms with Gasteiger partial charge in [0.15, 0.2) is 0 Å². The Morgan fingerprint density at radius 2 is 1.07 bits per heavy atom. The van der Waals surface area contributed by atoms with Crippen LogP contribution < -0.4 is 0 Å². The van der Waals surface area contributed by atoms with E-state index >= 15 is 0 Å². The molecule has 12 rings (SSSR count). The molecule has 3 aliphatic carbocycles. The Morgan fingerprint density at radius 1 is 0.458 bits per heavy atom. The maximum absolute atomic E-state index is 4.28. The SMILES string of the molecule is C=CC1(C)c2ccccc2-c2ccc(-c3ccc4cc(-c5ccc6c7c(cccc57)-c5c-6c(-c6ccccc6)c6ccccc6c5C5C=CC=CC5C)ccc4c3)cc21. The second kappa shape index (κ2) is 12.7. The second-order valence-electron chi connectivity index (χ2n) is 17.0. The average Bonchev–Trinajstić information content (AvgIpc) is 3.75. The van der Waals surface area contributed by atoms with E-state index in [2.05, 4.69) is 215 Å². The Bertz CT molecular complexity index is 3320. The van der Waals surface area contributed by atoms with Crippen LogP contribution in [0.1, 0.15) is 36.5 Å². The molecule has 0 saturated carbocycles.